The molecule has 3 rings (SSSR count). The van der Waals surface area contributed by atoms with Crippen LogP contribution in [0.1, 0.15) is 70.6 Å². The molecule has 0 heterocycles. The maximum Gasteiger partial charge on any atom is 0.00476 e. The molecule has 0 radical (unpaired) electrons. The van der Waals surface area contributed by atoms with Crippen LogP contribution >= 0.6 is 0 Å². The van der Waals surface area contributed by atoms with Crippen molar-refractivity contribution in [2.24, 2.45) is 5.92 Å². The van der Waals surface area contributed by atoms with E-state index >= 15 is 0 Å². The fourth-order valence-corrected chi connectivity index (χ4v) is 3.90. The monoisotopic (exact) mass is 242 g/mol. The predicted octanol–water partition coefficient (Wildman–Crippen LogP) is 5.71. The average molecular weight is 242 g/mol. The van der Waals surface area contributed by atoms with Crippen molar-refractivity contribution in [3.63, 3.8) is 0 Å². The van der Waals surface area contributed by atoms with Gasteiger partial charge in [-0.3, -0.25) is 0 Å². The van der Waals surface area contributed by atoms with E-state index in [1.807, 2.05) is 0 Å². The lowest BCUT2D eigenvalue weighted by atomic mass is 9.80. The molecule has 0 saturated carbocycles. The van der Waals surface area contributed by atoms with Gasteiger partial charge in [-0.05, 0) is 75.4 Å². The Balaban J connectivity index is 1.86. The van der Waals surface area contributed by atoms with Crippen molar-refractivity contribution in [1.29, 1.82) is 0 Å². The Morgan fingerprint density at radius 2 is 1.56 bits per heavy atom. The molecule has 3 aliphatic carbocycles. The van der Waals surface area contributed by atoms with Gasteiger partial charge in [0.05, 0.1) is 0 Å². The molecule has 0 aromatic heterocycles. The van der Waals surface area contributed by atoms with Gasteiger partial charge in [-0.15, -0.1) is 0 Å². The zero-order valence-corrected chi connectivity index (χ0v) is 11.6. The smallest absolute Gasteiger partial charge is 0.00476 e. The molecule has 0 aromatic rings. The third-order valence-electron chi connectivity index (χ3n) is 4.87. The van der Waals surface area contributed by atoms with Gasteiger partial charge in [-0.2, -0.15) is 0 Å². The van der Waals surface area contributed by atoms with E-state index in [1.165, 1.54) is 70.6 Å². The second kappa shape index (κ2) is 5.91. The standard InChI is InChI=1S/C18H26/c1-3-9-15(10-4-1)17-13-5-2-6-14-18(17)16-11-7-8-12-16/h9,11,13,18H,1-8,10,12,14H2. The van der Waals surface area contributed by atoms with E-state index < -0.39 is 0 Å². The normalized spacial score (nSPS) is 29.3. The zero-order chi connectivity index (χ0) is 12.2. The maximum absolute atomic E-state index is 2.59. The lowest BCUT2D eigenvalue weighted by Gasteiger charge is -2.25. The van der Waals surface area contributed by atoms with Crippen LogP contribution in [0.4, 0.5) is 0 Å². The van der Waals surface area contributed by atoms with Gasteiger partial charge in [0.2, 0.25) is 0 Å². The predicted molar refractivity (Wildman–Crippen MR) is 78.5 cm³/mol. The molecule has 0 aliphatic heterocycles. The quantitative estimate of drug-likeness (QED) is 0.544. The maximum atomic E-state index is 2.59. The van der Waals surface area contributed by atoms with E-state index in [-0.39, 0.29) is 0 Å². The van der Waals surface area contributed by atoms with Gasteiger partial charge in [-0.25, -0.2) is 0 Å². The van der Waals surface area contributed by atoms with E-state index in [1.54, 1.807) is 16.7 Å². The Morgan fingerprint density at radius 1 is 0.722 bits per heavy atom. The molecule has 1 unspecified atom stereocenters. The molecule has 0 bridgehead atoms. The number of hydrogen-bond acceptors (Lipinski definition) is 0. The van der Waals surface area contributed by atoms with Gasteiger partial charge in [0.25, 0.3) is 0 Å². The first kappa shape index (κ1) is 12.3. The minimum absolute atomic E-state index is 0.791. The molecule has 0 fully saturated rings. The molecular formula is C18H26. The van der Waals surface area contributed by atoms with Gasteiger partial charge in [-0.1, -0.05) is 30.2 Å². The largest absolute Gasteiger partial charge is 0.0847 e. The highest BCUT2D eigenvalue weighted by molar-refractivity contribution is 5.39. The van der Waals surface area contributed by atoms with Crippen molar-refractivity contribution >= 4 is 0 Å². The van der Waals surface area contributed by atoms with Crippen molar-refractivity contribution in [3.05, 3.63) is 34.9 Å². The van der Waals surface area contributed by atoms with Gasteiger partial charge >= 0.3 is 0 Å². The van der Waals surface area contributed by atoms with Gasteiger partial charge in [0.1, 0.15) is 0 Å². The zero-order valence-electron chi connectivity index (χ0n) is 11.6. The second-order valence-corrected chi connectivity index (χ2v) is 6.14. The van der Waals surface area contributed by atoms with Crippen LogP contribution in [0.2, 0.25) is 0 Å². The van der Waals surface area contributed by atoms with E-state index in [9.17, 15) is 0 Å². The van der Waals surface area contributed by atoms with Crippen LogP contribution in [0, 0.1) is 5.92 Å². The molecule has 0 aromatic carbocycles. The molecule has 0 saturated heterocycles. The fourth-order valence-electron chi connectivity index (χ4n) is 3.90. The van der Waals surface area contributed by atoms with E-state index in [4.69, 9.17) is 0 Å². The third kappa shape index (κ3) is 2.63. The summed E-state index contributed by atoms with van der Waals surface area (Å²) in [5.74, 6) is 0.791. The summed E-state index contributed by atoms with van der Waals surface area (Å²) < 4.78 is 0. The van der Waals surface area contributed by atoms with Crippen molar-refractivity contribution < 1.29 is 0 Å². The molecule has 0 nitrogen and oxygen atoms in total. The summed E-state index contributed by atoms with van der Waals surface area (Å²) in [6, 6.07) is 0. The number of rotatable bonds is 2. The van der Waals surface area contributed by atoms with E-state index in [0.717, 1.165) is 5.92 Å². The van der Waals surface area contributed by atoms with Gasteiger partial charge in [0.15, 0.2) is 0 Å². The van der Waals surface area contributed by atoms with Crippen molar-refractivity contribution in [3.8, 4) is 0 Å². The number of allylic oxidation sites excluding steroid dienone is 6. The lowest BCUT2D eigenvalue weighted by Crippen LogP contribution is -2.09. The topological polar surface area (TPSA) is 0 Å². The summed E-state index contributed by atoms with van der Waals surface area (Å²) >= 11 is 0. The first-order valence-electron chi connectivity index (χ1n) is 8.03. The fraction of sp³-hybridized carbons (Fsp3) is 0.667. The molecule has 3 aliphatic rings. The first-order chi connectivity index (χ1) is 8.95. The van der Waals surface area contributed by atoms with Crippen LogP contribution in [-0.2, 0) is 0 Å². The van der Waals surface area contributed by atoms with E-state index in [0.29, 0.717) is 0 Å². The molecule has 0 amide bonds. The Bertz CT molecular complexity index is 381. The van der Waals surface area contributed by atoms with Crippen molar-refractivity contribution in [2.75, 3.05) is 0 Å². The Morgan fingerprint density at radius 3 is 2.33 bits per heavy atom. The Labute approximate surface area is 112 Å². The lowest BCUT2D eigenvalue weighted by molar-refractivity contribution is 0.584. The van der Waals surface area contributed by atoms with Crippen LogP contribution in [0.25, 0.3) is 0 Å². The highest BCUT2D eigenvalue weighted by Gasteiger charge is 2.24. The van der Waals surface area contributed by atoms with Crippen LogP contribution in [0.3, 0.4) is 0 Å². The van der Waals surface area contributed by atoms with Crippen LogP contribution in [0.5, 0.6) is 0 Å². The molecule has 0 heteroatoms. The first-order valence-corrected chi connectivity index (χ1v) is 8.03. The second-order valence-electron chi connectivity index (χ2n) is 6.14. The summed E-state index contributed by atoms with van der Waals surface area (Å²) in [6.45, 7) is 0. The summed E-state index contributed by atoms with van der Waals surface area (Å²) in [6.07, 6.45) is 22.8. The third-order valence-corrected chi connectivity index (χ3v) is 4.87. The highest BCUT2D eigenvalue weighted by Crippen LogP contribution is 2.40. The Kier molecular flexibility index (Phi) is 4.02. The summed E-state index contributed by atoms with van der Waals surface area (Å²) in [5, 5.41) is 0. The van der Waals surface area contributed by atoms with E-state index in [2.05, 4.69) is 18.2 Å². The molecular weight excluding hydrogens is 216 g/mol. The minimum Gasteiger partial charge on any atom is -0.0847 e. The SMILES string of the molecule is C1=C(C2=CCCCCC2C2=CCCC2)CCCC1. The van der Waals surface area contributed by atoms with Crippen molar-refractivity contribution in [1.82, 2.24) is 0 Å². The van der Waals surface area contributed by atoms with Crippen molar-refractivity contribution in [2.45, 2.75) is 70.6 Å². The summed E-state index contributed by atoms with van der Waals surface area (Å²) in [5.41, 5.74) is 5.22. The molecule has 98 valence electrons. The molecule has 1 atom stereocenters. The minimum atomic E-state index is 0.791. The van der Waals surface area contributed by atoms with Crippen LogP contribution in [0.15, 0.2) is 34.9 Å². The molecule has 0 spiro atoms. The number of hydrogen-bond donors (Lipinski definition) is 0. The molecule has 18 heavy (non-hydrogen) atoms. The van der Waals surface area contributed by atoms with Crippen LogP contribution < -0.4 is 0 Å². The molecule has 0 N–H and O–H groups in total. The van der Waals surface area contributed by atoms with Gasteiger partial charge < -0.3 is 0 Å². The summed E-state index contributed by atoms with van der Waals surface area (Å²) in [7, 11) is 0. The summed E-state index contributed by atoms with van der Waals surface area (Å²) in [4.78, 5) is 0. The van der Waals surface area contributed by atoms with Gasteiger partial charge in [0, 0.05) is 5.92 Å². The average Bonchev–Trinajstić information content (AvgIpc) is 2.84. The van der Waals surface area contributed by atoms with Crippen LogP contribution in [-0.4, -0.2) is 0 Å². The highest BCUT2D eigenvalue weighted by atomic mass is 14.3. The Hall–Kier alpha value is -0.780.